The third kappa shape index (κ3) is 1.61. The average molecular weight is 322 g/mol. The van der Waals surface area contributed by atoms with Crippen LogP contribution in [0.5, 0.6) is 0 Å². The summed E-state index contributed by atoms with van der Waals surface area (Å²) in [5, 5.41) is 20.0. The molecule has 0 unspecified atom stereocenters. The van der Waals surface area contributed by atoms with Crippen LogP contribution in [0.15, 0.2) is 28.8 Å². The Hall–Kier alpha value is -2.48. The largest absolute Gasteiger partial charge is 0.504 e. The monoisotopic (exact) mass is 322 g/mol. The molecule has 2 N–H and O–H groups in total. The van der Waals surface area contributed by atoms with Crippen LogP contribution < -0.4 is 0 Å². The van der Waals surface area contributed by atoms with Gasteiger partial charge in [0.05, 0.1) is 0 Å². The van der Waals surface area contributed by atoms with E-state index >= 15 is 0 Å². The predicted octanol–water partition coefficient (Wildman–Crippen LogP) is 1.43. The fraction of sp³-hybridized carbons (Fsp3) is 0.214. The molecular formula is C14H14N2O5S. The number of likely N-dealkylation sites (N-methyl/N-ethyl adjacent to an activating group) is 1. The average Bonchev–Trinajstić information content (AvgIpc) is 2.70. The van der Waals surface area contributed by atoms with Crippen LogP contribution in [0.1, 0.15) is 11.3 Å². The van der Waals surface area contributed by atoms with Gasteiger partial charge in [-0.1, -0.05) is 11.6 Å². The number of fused-ring (bicyclic) bond motifs is 3. The third-order valence-corrected chi connectivity index (χ3v) is 5.73. The summed E-state index contributed by atoms with van der Waals surface area (Å²) < 4.78 is 27.5. The summed E-state index contributed by atoms with van der Waals surface area (Å²) in [7, 11) is -1.35. The Kier molecular flexibility index (Phi) is 2.80. The molecular weight excluding hydrogens is 308 g/mol. The third-order valence-electron chi connectivity index (χ3n) is 3.89. The molecule has 2 aromatic rings. The number of rotatable bonds is 1. The lowest BCUT2D eigenvalue weighted by Gasteiger charge is -2.25. The van der Waals surface area contributed by atoms with E-state index in [2.05, 4.69) is 0 Å². The van der Waals surface area contributed by atoms with Gasteiger partial charge in [-0.05, 0) is 19.1 Å². The van der Waals surface area contributed by atoms with Gasteiger partial charge in [0.25, 0.3) is 10.0 Å². The Morgan fingerprint density at radius 2 is 1.86 bits per heavy atom. The number of hydrogen-bond donors (Lipinski definition) is 2. The number of nitrogens with zero attached hydrogens (tertiary/aromatic N) is 2. The fourth-order valence-electron chi connectivity index (χ4n) is 2.81. The molecule has 1 aromatic heterocycles. The van der Waals surface area contributed by atoms with Crippen LogP contribution in [0.25, 0.3) is 16.7 Å². The van der Waals surface area contributed by atoms with E-state index in [1.807, 2.05) is 13.0 Å². The van der Waals surface area contributed by atoms with Crippen molar-refractivity contribution in [2.24, 2.45) is 7.05 Å². The van der Waals surface area contributed by atoms with Crippen molar-refractivity contribution in [2.75, 3.05) is 7.05 Å². The molecule has 1 aliphatic rings. The van der Waals surface area contributed by atoms with Gasteiger partial charge in [-0.2, -0.15) is 0 Å². The van der Waals surface area contributed by atoms with Crippen molar-refractivity contribution in [1.29, 1.82) is 0 Å². The maximum Gasteiger partial charge on any atom is 0.357 e. The number of benzene rings is 1. The zero-order valence-electron chi connectivity index (χ0n) is 12.2. The Balaban J connectivity index is 2.59. The molecule has 0 spiro atoms. The molecule has 1 aliphatic heterocycles. The van der Waals surface area contributed by atoms with Gasteiger partial charge < -0.3 is 14.8 Å². The van der Waals surface area contributed by atoms with Gasteiger partial charge in [0.1, 0.15) is 10.6 Å². The Bertz CT molecular complexity index is 969. The lowest BCUT2D eigenvalue weighted by Crippen LogP contribution is -2.35. The molecule has 116 valence electrons. The summed E-state index contributed by atoms with van der Waals surface area (Å²) in [6.45, 7) is 1.83. The number of carbonyl (C=O) groups is 1. The Morgan fingerprint density at radius 1 is 1.23 bits per heavy atom. The van der Waals surface area contributed by atoms with Crippen molar-refractivity contribution >= 4 is 32.7 Å². The van der Waals surface area contributed by atoms with Gasteiger partial charge in [0, 0.05) is 25.0 Å². The second kappa shape index (κ2) is 4.26. The summed E-state index contributed by atoms with van der Waals surface area (Å²) >= 11 is 0. The molecule has 3 rings (SSSR count). The topological polar surface area (TPSA) is 99.8 Å². The lowest BCUT2D eigenvalue weighted by molar-refractivity contribution is -0.133. The number of hydrogen-bond acceptors (Lipinski definition) is 4. The minimum atomic E-state index is -4.06. The maximum atomic E-state index is 12.7. The second-order valence-electron chi connectivity index (χ2n) is 5.23. The lowest BCUT2D eigenvalue weighted by atomic mass is 10.1. The summed E-state index contributed by atoms with van der Waals surface area (Å²) in [6, 6.07) is 5.27. The molecule has 0 fully saturated rings. The normalized spacial score (nSPS) is 17.0. The van der Waals surface area contributed by atoms with Crippen LogP contribution in [-0.2, 0) is 21.9 Å². The first-order valence-corrected chi connectivity index (χ1v) is 7.86. The van der Waals surface area contributed by atoms with Crippen LogP contribution in [0.3, 0.4) is 0 Å². The SMILES string of the molecule is Cc1ccc2c(c1)c1c(n2C)C(O)=C(C(=O)O)N(C)S1(=O)=O. The number of carboxylic acids is 1. The molecule has 0 aliphatic carbocycles. The Morgan fingerprint density at radius 3 is 2.45 bits per heavy atom. The van der Waals surface area contributed by atoms with E-state index in [1.165, 1.54) is 4.57 Å². The highest BCUT2D eigenvalue weighted by Gasteiger charge is 2.41. The van der Waals surface area contributed by atoms with Crippen molar-refractivity contribution in [2.45, 2.75) is 11.8 Å². The molecule has 0 saturated heterocycles. The number of carboxylic acid groups (broad SMARTS) is 1. The number of sulfonamides is 1. The van der Waals surface area contributed by atoms with Crippen LogP contribution >= 0.6 is 0 Å². The highest BCUT2D eigenvalue weighted by atomic mass is 32.2. The second-order valence-corrected chi connectivity index (χ2v) is 7.14. The Labute approximate surface area is 126 Å². The minimum Gasteiger partial charge on any atom is -0.504 e. The molecule has 0 saturated carbocycles. The van der Waals surface area contributed by atoms with Crippen molar-refractivity contribution in [3.05, 3.63) is 35.2 Å². The quantitative estimate of drug-likeness (QED) is 0.827. The standard InChI is InChI=1S/C14H14N2O5S/c1-7-4-5-9-8(6-7)13-10(15(9)2)12(17)11(14(18)19)16(3)22(13,20)21/h4-6,17H,1-3H3,(H,18,19). The van der Waals surface area contributed by atoms with E-state index in [-0.39, 0.29) is 10.6 Å². The van der Waals surface area contributed by atoms with E-state index in [4.69, 9.17) is 0 Å². The molecule has 1 aromatic carbocycles. The summed E-state index contributed by atoms with van der Waals surface area (Å²) in [5.74, 6) is -2.06. The predicted molar refractivity (Wildman–Crippen MR) is 79.8 cm³/mol. The van der Waals surface area contributed by atoms with E-state index in [0.29, 0.717) is 15.2 Å². The van der Waals surface area contributed by atoms with Gasteiger partial charge in [-0.25, -0.2) is 13.2 Å². The number of aliphatic carboxylic acids is 1. The zero-order valence-corrected chi connectivity index (χ0v) is 13.0. The number of aliphatic hydroxyl groups excluding tert-OH is 1. The van der Waals surface area contributed by atoms with Gasteiger partial charge in [-0.15, -0.1) is 0 Å². The summed E-state index contributed by atoms with van der Waals surface area (Å²) in [6.07, 6.45) is 0. The number of aliphatic hydroxyl groups is 1. The minimum absolute atomic E-state index is 0.00361. The number of aromatic nitrogens is 1. The summed E-state index contributed by atoms with van der Waals surface area (Å²) in [5.41, 5.74) is 0.809. The van der Waals surface area contributed by atoms with E-state index in [0.717, 1.165) is 12.6 Å². The van der Waals surface area contributed by atoms with Crippen molar-refractivity contribution in [1.82, 2.24) is 8.87 Å². The fourth-order valence-corrected chi connectivity index (χ4v) is 4.40. The maximum absolute atomic E-state index is 12.7. The first-order valence-electron chi connectivity index (χ1n) is 6.42. The van der Waals surface area contributed by atoms with E-state index in [9.17, 15) is 23.4 Å². The molecule has 2 heterocycles. The van der Waals surface area contributed by atoms with Gasteiger partial charge in [-0.3, -0.25) is 4.31 Å². The first-order chi connectivity index (χ1) is 10.2. The zero-order chi connectivity index (χ0) is 16.4. The van der Waals surface area contributed by atoms with Crippen molar-refractivity contribution in [3.63, 3.8) is 0 Å². The van der Waals surface area contributed by atoms with Gasteiger partial charge in [0.15, 0.2) is 11.5 Å². The van der Waals surface area contributed by atoms with Gasteiger partial charge >= 0.3 is 5.97 Å². The first kappa shape index (κ1) is 14.5. The van der Waals surface area contributed by atoms with Crippen LogP contribution in [-0.4, -0.2) is 40.5 Å². The van der Waals surface area contributed by atoms with E-state index in [1.54, 1.807) is 19.2 Å². The van der Waals surface area contributed by atoms with Crippen LogP contribution in [0, 0.1) is 6.92 Å². The van der Waals surface area contributed by atoms with Gasteiger partial charge in [0.2, 0.25) is 0 Å². The van der Waals surface area contributed by atoms with Crippen LogP contribution in [0.2, 0.25) is 0 Å². The van der Waals surface area contributed by atoms with Crippen LogP contribution in [0.4, 0.5) is 0 Å². The van der Waals surface area contributed by atoms with Crippen molar-refractivity contribution in [3.8, 4) is 0 Å². The molecule has 0 atom stereocenters. The molecule has 0 radical (unpaired) electrons. The van der Waals surface area contributed by atoms with Crippen molar-refractivity contribution < 1.29 is 23.4 Å². The molecule has 0 amide bonds. The molecule has 0 bridgehead atoms. The molecule has 7 nitrogen and oxygen atoms in total. The smallest absolute Gasteiger partial charge is 0.357 e. The molecule has 22 heavy (non-hydrogen) atoms. The summed E-state index contributed by atoms with van der Waals surface area (Å²) in [4.78, 5) is 11.2. The van der Waals surface area contributed by atoms with E-state index < -0.39 is 27.4 Å². The number of aryl methyl sites for hydroxylation is 2. The highest BCUT2D eigenvalue weighted by Crippen LogP contribution is 2.40. The molecule has 8 heteroatoms. The highest BCUT2D eigenvalue weighted by molar-refractivity contribution is 7.89.